The molecule has 1 aromatic rings. The number of hydrogen-bond donors (Lipinski definition) is 1. The van der Waals surface area contributed by atoms with E-state index in [4.69, 9.17) is 15.2 Å². The Kier molecular flexibility index (Phi) is 3.99. The molecule has 2 aliphatic rings. The fourth-order valence-corrected chi connectivity index (χ4v) is 3.64. The van der Waals surface area contributed by atoms with Crippen LogP contribution in [0.25, 0.3) is 0 Å². The Hall–Kier alpha value is -1.06. The molecule has 0 aromatic heterocycles. The fraction of sp³-hybridized carbons (Fsp3) is 0.647. The molecule has 1 heterocycles. The van der Waals surface area contributed by atoms with Gasteiger partial charge in [-0.2, -0.15) is 0 Å². The lowest BCUT2D eigenvalue weighted by atomic mass is 9.70. The van der Waals surface area contributed by atoms with Gasteiger partial charge in [0.1, 0.15) is 5.75 Å². The standard InChI is InChI=1S/C17H25NO2/c1-19-16-6-3-2-5-13(16)11-15(18)14-7-10-20-17(12-14)8-4-9-17/h2-3,5-6,14-15H,4,7-12,18H2,1H3. The Morgan fingerprint density at radius 3 is 2.90 bits per heavy atom. The summed E-state index contributed by atoms with van der Waals surface area (Å²) in [7, 11) is 1.72. The quantitative estimate of drug-likeness (QED) is 0.919. The first-order chi connectivity index (χ1) is 9.72. The number of nitrogens with two attached hydrogens (primary N) is 1. The maximum absolute atomic E-state index is 6.49. The van der Waals surface area contributed by atoms with E-state index in [0.717, 1.165) is 31.6 Å². The molecular weight excluding hydrogens is 250 g/mol. The Morgan fingerprint density at radius 2 is 2.20 bits per heavy atom. The van der Waals surface area contributed by atoms with Crippen molar-refractivity contribution in [1.29, 1.82) is 0 Å². The molecule has 0 radical (unpaired) electrons. The van der Waals surface area contributed by atoms with Crippen LogP contribution in [0, 0.1) is 5.92 Å². The van der Waals surface area contributed by atoms with E-state index in [1.54, 1.807) is 7.11 Å². The molecule has 20 heavy (non-hydrogen) atoms. The summed E-state index contributed by atoms with van der Waals surface area (Å²) < 4.78 is 11.4. The smallest absolute Gasteiger partial charge is 0.122 e. The second-order valence-corrected chi connectivity index (χ2v) is 6.32. The highest BCUT2D eigenvalue weighted by Gasteiger charge is 2.43. The van der Waals surface area contributed by atoms with Gasteiger partial charge < -0.3 is 15.2 Å². The summed E-state index contributed by atoms with van der Waals surface area (Å²) in [6, 6.07) is 8.40. The number of hydrogen-bond acceptors (Lipinski definition) is 3. The molecule has 1 aliphatic heterocycles. The Bertz CT molecular complexity index is 456. The van der Waals surface area contributed by atoms with E-state index >= 15 is 0 Å². The van der Waals surface area contributed by atoms with Crippen LogP contribution in [0.4, 0.5) is 0 Å². The Labute approximate surface area is 121 Å². The van der Waals surface area contributed by atoms with Gasteiger partial charge in [-0.25, -0.2) is 0 Å². The number of rotatable bonds is 4. The summed E-state index contributed by atoms with van der Waals surface area (Å²) in [6.45, 7) is 0.879. The van der Waals surface area contributed by atoms with Crippen LogP contribution in [0.2, 0.25) is 0 Å². The molecule has 2 unspecified atom stereocenters. The lowest BCUT2D eigenvalue weighted by Gasteiger charge is -2.48. The van der Waals surface area contributed by atoms with E-state index in [9.17, 15) is 0 Å². The van der Waals surface area contributed by atoms with Crippen molar-refractivity contribution in [1.82, 2.24) is 0 Å². The SMILES string of the molecule is COc1ccccc1CC(N)C1CCOC2(CCC2)C1. The third-order valence-electron chi connectivity index (χ3n) is 5.05. The zero-order chi connectivity index (χ0) is 14.0. The molecule has 0 bridgehead atoms. The minimum Gasteiger partial charge on any atom is -0.496 e. The monoisotopic (exact) mass is 275 g/mol. The van der Waals surface area contributed by atoms with Crippen LogP contribution in [0.15, 0.2) is 24.3 Å². The largest absolute Gasteiger partial charge is 0.496 e. The zero-order valence-electron chi connectivity index (χ0n) is 12.3. The average Bonchev–Trinajstić information content (AvgIpc) is 2.46. The molecule has 3 nitrogen and oxygen atoms in total. The van der Waals surface area contributed by atoms with E-state index in [-0.39, 0.29) is 11.6 Å². The van der Waals surface area contributed by atoms with Gasteiger partial charge in [0.25, 0.3) is 0 Å². The third kappa shape index (κ3) is 2.70. The van der Waals surface area contributed by atoms with E-state index in [1.807, 2.05) is 12.1 Å². The minimum atomic E-state index is 0.182. The van der Waals surface area contributed by atoms with Crippen molar-refractivity contribution in [2.45, 2.75) is 50.2 Å². The van der Waals surface area contributed by atoms with Gasteiger partial charge in [-0.15, -0.1) is 0 Å². The molecule has 3 heteroatoms. The summed E-state index contributed by atoms with van der Waals surface area (Å²) >= 11 is 0. The van der Waals surface area contributed by atoms with Crippen LogP contribution >= 0.6 is 0 Å². The maximum Gasteiger partial charge on any atom is 0.122 e. The topological polar surface area (TPSA) is 44.5 Å². The van der Waals surface area contributed by atoms with Crippen LogP contribution in [0.5, 0.6) is 5.75 Å². The maximum atomic E-state index is 6.49. The molecule has 2 atom stereocenters. The molecule has 1 saturated heterocycles. The minimum absolute atomic E-state index is 0.182. The Balaban J connectivity index is 1.65. The fourth-order valence-electron chi connectivity index (χ4n) is 3.64. The summed E-state index contributed by atoms with van der Waals surface area (Å²) in [5.74, 6) is 1.53. The molecule has 110 valence electrons. The predicted molar refractivity (Wildman–Crippen MR) is 79.9 cm³/mol. The first kappa shape index (κ1) is 13.9. The van der Waals surface area contributed by atoms with Gasteiger partial charge in [-0.1, -0.05) is 18.2 Å². The van der Waals surface area contributed by atoms with Crippen molar-refractivity contribution in [2.24, 2.45) is 11.7 Å². The van der Waals surface area contributed by atoms with Crippen LogP contribution in [-0.4, -0.2) is 25.4 Å². The van der Waals surface area contributed by atoms with Crippen molar-refractivity contribution < 1.29 is 9.47 Å². The van der Waals surface area contributed by atoms with Crippen molar-refractivity contribution in [3.63, 3.8) is 0 Å². The highest BCUT2D eigenvalue weighted by molar-refractivity contribution is 5.33. The number of benzene rings is 1. The molecule has 2 N–H and O–H groups in total. The van der Waals surface area contributed by atoms with Crippen molar-refractivity contribution in [3.05, 3.63) is 29.8 Å². The van der Waals surface area contributed by atoms with Crippen LogP contribution in [0.3, 0.4) is 0 Å². The molecule has 2 fully saturated rings. The predicted octanol–water partition coefficient (Wildman–Crippen LogP) is 2.91. The average molecular weight is 275 g/mol. The van der Waals surface area contributed by atoms with Gasteiger partial charge in [-0.3, -0.25) is 0 Å². The van der Waals surface area contributed by atoms with E-state index in [2.05, 4.69) is 12.1 Å². The van der Waals surface area contributed by atoms with Crippen LogP contribution in [0.1, 0.15) is 37.7 Å². The van der Waals surface area contributed by atoms with Crippen LogP contribution < -0.4 is 10.5 Å². The second-order valence-electron chi connectivity index (χ2n) is 6.32. The lowest BCUT2D eigenvalue weighted by molar-refractivity contribution is -0.145. The molecule has 3 rings (SSSR count). The van der Waals surface area contributed by atoms with Crippen molar-refractivity contribution >= 4 is 0 Å². The number of para-hydroxylation sites is 1. The van der Waals surface area contributed by atoms with Crippen LogP contribution in [-0.2, 0) is 11.2 Å². The molecule has 1 aromatic carbocycles. The number of methoxy groups -OCH3 is 1. The summed E-state index contributed by atoms with van der Waals surface area (Å²) in [5.41, 5.74) is 7.89. The summed E-state index contributed by atoms with van der Waals surface area (Å²) in [4.78, 5) is 0. The van der Waals surface area contributed by atoms with Gasteiger partial charge in [0.2, 0.25) is 0 Å². The second kappa shape index (κ2) is 5.74. The van der Waals surface area contributed by atoms with E-state index in [1.165, 1.54) is 24.8 Å². The van der Waals surface area contributed by atoms with Crippen molar-refractivity contribution in [3.8, 4) is 5.75 Å². The van der Waals surface area contributed by atoms with E-state index < -0.39 is 0 Å². The van der Waals surface area contributed by atoms with Gasteiger partial charge in [0.05, 0.1) is 12.7 Å². The molecule has 1 spiro atoms. The first-order valence-electron chi connectivity index (χ1n) is 7.74. The first-order valence-corrected chi connectivity index (χ1v) is 7.74. The third-order valence-corrected chi connectivity index (χ3v) is 5.05. The summed E-state index contributed by atoms with van der Waals surface area (Å²) in [5, 5.41) is 0. The van der Waals surface area contributed by atoms with Gasteiger partial charge >= 0.3 is 0 Å². The normalized spacial score (nSPS) is 26.0. The zero-order valence-corrected chi connectivity index (χ0v) is 12.3. The lowest BCUT2D eigenvalue weighted by Crippen LogP contribution is -2.49. The molecule has 1 saturated carbocycles. The van der Waals surface area contributed by atoms with Gasteiger partial charge in [0, 0.05) is 12.6 Å². The van der Waals surface area contributed by atoms with Gasteiger partial charge in [0.15, 0.2) is 0 Å². The Morgan fingerprint density at radius 1 is 1.40 bits per heavy atom. The highest BCUT2D eigenvalue weighted by atomic mass is 16.5. The highest BCUT2D eigenvalue weighted by Crippen LogP contribution is 2.45. The number of ether oxygens (including phenoxy) is 2. The van der Waals surface area contributed by atoms with Crippen molar-refractivity contribution in [2.75, 3.05) is 13.7 Å². The summed E-state index contributed by atoms with van der Waals surface area (Å²) in [6.07, 6.45) is 6.90. The van der Waals surface area contributed by atoms with E-state index in [0.29, 0.717) is 5.92 Å². The van der Waals surface area contributed by atoms with Gasteiger partial charge in [-0.05, 0) is 56.1 Å². The molecule has 1 aliphatic carbocycles. The molecular formula is C17H25NO2. The molecule has 0 amide bonds.